The van der Waals surface area contributed by atoms with Crippen molar-refractivity contribution in [2.75, 3.05) is 55.4 Å². The number of hydrogen-bond acceptors (Lipinski definition) is 4. The molecule has 1 atom stereocenters. The van der Waals surface area contributed by atoms with E-state index in [2.05, 4.69) is 6.58 Å². The number of nitrogens with zero attached hydrogens (tertiary/aromatic N) is 1. The van der Waals surface area contributed by atoms with Gasteiger partial charge in [-0.15, -0.1) is 17.6 Å². The summed E-state index contributed by atoms with van der Waals surface area (Å²) in [6.07, 6.45) is -9.04. The molecule has 0 rings (SSSR count). The van der Waals surface area contributed by atoms with Crippen LogP contribution in [0.15, 0.2) is 12.3 Å². The molecule has 0 aromatic heterocycles. The van der Waals surface area contributed by atoms with Crippen LogP contribution in [0.5, 0.6) is 0 Å². The first-order valence-electron chi connectivity index (χ1n) is 11.5. The number of carbonyl (C=O) groups excluding carboxylic acids is 1. The topological polar surface area (TPSA) is 38.8 Å². The molecule has 0 spiro atoms. The Hall–Kier alpha value is -1.94. The first-order valence-corrected chi connectivity index (χ1v) is 11.5. The molecule has 0 N–H and O–H groups in total. The van der Waals surface area contributed by atoms with Gasteiger partial charge in [0, 0.05) is 12.0 Å². The van der Waals surface area contributed by atoms with Crippen molar-refractivity contribution in [3.63, 3.8) is 0 Å². The zero-order chi connectivity index (χ0) is 34.7. The van der Waals surface area contributed by atoms with Gasteiger partial charge in [0.15, 0.2) is 0 Å². The summed E-state index contributed by atoms with van der Waals surface area (Å²) in [6.45, 7) is 8.15. The zero-order valence-corrected chi connectivity index (χ0v) is 24.8. The summed E-state index contributed by atoms with van der Waals surface area (Å²) in [5.41, 5.74) is -1.18. The third-order valence-corrected chi connectivity index (χ3v) is 4.76. The Kier molecular flexibility index (Phi) is 59.2. The predicted octanol–water partition coefficient (Wildman–Crippen LogP) is 11.8. The summed E-state index contributed by atoms with van der Waals surface area (Å²) >= 11 is 0. The second kappa shape index (κ2) is 38.2. The fourth-order valence-corrected chi connectivity index (χ4v) is 2.13. The lowest BCUT2D eigenvalue weighted by molar-refractivity contribution is -0.237. The molecule has 0 aliphatic heterocycles. The van der Waals surface area contributed by atoms with Crippen molar-refractivity contribution in [1.29, 1.82) is 0 Å². The number of halogens is 13. The molecular formula is C28H60F13NO3. The van der Waals surface area contributed by atoms with Gasteiger partial charge in [0.05, 0.1) is 45.7 Å². The maximum atomic E-state index is 12.4. The molecule has 1 unspecified atom stereocenters. The summed E-state index contributed by atoms with van der Waals surface area (Å²) in [6, 6.07) is 0. The molecule has 0 aliphatic rings. The smallest absolute Gasteiger partial charge is 0.498 e. The van der Waals surface area contributed by atoms with Crippen molar-refractivity contribution >= 4 is 5.97 Å². The molecule has 17 heteroatoms. The molecule has 0 aliphatic carbocycles. The number of esters is 1. The number of rotatable bonds is 12. The van der Waals surface area contributed by atoms with Crippen molar-refractivity contribution in [3.05, 3.63) is 12.3 Å². The maximum absolute atomic E-state index is 12.4. The van der Waals surface area contributed by atoms with E-state index in [1.807, 2.05) is 46.7 Å². The maximum Gasteiger partial charge on any atom is 0.559 e. The lowest BCUT2D eigenvalue weighted by atomic mass is 9.76. The molecule has 0 aromatic rings. The molecule has 4 nitrogen and oxygen atoms in total. The summed E-state index contributed by atoms with van der Waals surface area (Å²) in [4.78, 5) is 14.4. The van der Waals surface area contributed by atoms with Crippen LogP contribution in [-0.2, 0) is 14.3 Å². The number of likely N-dealkylation sites (N-methyl/N-ethyl adjacent to an activating group) is 1. The van der Waals surface area contributed by atoms with E-state index in [0.717, 1.165) is 0 Å². The lowest BCUT2D eigenvalue weighted by Crippen LogP contribution is -2.33. The molecule has 0 saturated carbocycles. The van der Waals surface area contributed by atoms with E-state index in [0.29, 0.717) is 59.7 Å². The Morgan fingerprint density at radius 3 is 1.31 bits per heavy atom. The monoisotopic (exact) mass is 705 g/mol. The molecule has 286 valence electrons. The Labute approximate surface area is 263 Å². The van der Waals surface area contributed by atoms with Crippen molar-refractivity contribution in [2.45, 2.75) is 102 Å². The number of allylic oxidation sites excluding steroid dienone is 1. The average Bonchev–Trinajstić information content (AvgIpc) is 2.83. The molecule has 0 fully saturated rings. The van der Waals surface area contributed by atoms with Gasteiger partial charge < -0.3 is 14.4 Å². The van der Waals surface area contributed by atoms with Crippen molar-refractivity contribution in [2.24, 2.45) is 10.8 Å². The van der Waals surface area contributed by atoms with E-state index in [1.54, 1.807) is 0 Å². The minimum Gasteiger partial charge on any atom is -0.498 e. The van der Waals surface area contributed by atoms with Crippen LogP contribution in [0.2, 0.25) is 0 Å². The summed E-state index contributed by atoms with van der Waals surface area (Å²) < 4.78 is 144. The molecule has 0 heterocycles. The summed E-state index contributed by atoms with van der Waals surface area (Å²) in [5, 5.41) is 0. The lowest BCUT2D eigenvalue weighted by Gasteiger charge is -2.32. The normalized spacial score (nSPS) is 11.1. The van der Waals surface area contributed by atoms with Crippen LogP contribution in [0.1, 0.15) is 83.1 Å². The second-order valence-electron chi connectivity index (χ2n) is 8.55. The number of hydrogen-bond donors (Lipinski definition) is 0. The van der Waals surface area contributed by atoms with E-state index in [4.69, 9.17) is 9.47 Å². The standard InChI is InChI=1S/C19H34F3NO3.CF4.CHF3.3CH3F.4CH4/c1-8-18(5,16(24)26-14-12-23(6)7)10-9-17(3,4)15(2)25-13-11-19(20,21)22;2-1(3,4)5;2-1(3)4;3*1-2;;;;/h2,8-14H2,1,3-7H3;;1H;3*1H3;4*1H4. The molecule has 0 saturated heterocycles. The van der Waals surface area contributed by atoms with E-state index in [1.165, 1.54) is 0 Å². The number of carbonyl (C=O) groups is 1. The van der Waals surface area contributed by atoms with Gasteiger partial charge in [0.25, 0.3) is 0 Å². The molecule has 0 amide bonds. The van der Waals surface area contributed by atoms with Gasteiger partial charge in [0.2, 0.25) is 0 Å². The Bertz CT molecular complexity index is 594. The summed E-state index contributed by atoms with van der Waals surface area (Å²) in [7, 11) is 5.31. The number of alkyl halides is 13. The van der Waals surface area contributed by atoms with Gasteiger partial charge in [-0.2, -0.15) is 26.3 Å². The van der Waals surface area contributed by atoms with E-state index in [9.17, 15) is 61.9 Å². The van der Waals surface area contributed by atoms with Crippen molar-refractivity contribution in [1.82, 2.24) is 4.90 Å². The van der Waals surface area contributed by atoms with E-state index >= 15 is 0 Å². The van der Waals surface area contributed by atoms with Gasteiger partial charge in [0.1, 0.15) is 6.61 Å². The van der Waals surface area contributed by atoms with E-state index in [-0.39, 0.29) is 35.7 Å². The Morgan fingerprint density at radius 2 is 1.04 bits per heavy atom. The van der Waals surface area contributed by atoms with Gasteiger partial charge >= 0.3 is 25.3 Å². The molecule has 45 heavy (non-hydrogen) atoms. The fourth-order valence-electron chi connectivity index (χ4n) is 2.13. The van der Waals surface area contributed by atoms with Crippen LogP contribution in [0.4, 0.5) is 57.1 Å². The minimum absolute atomic E-state index is 0. The van der Waals surface area contributed by atoms with E-state index < -0.39 is 43.1 Å². The van der Waals surface area contributed by atoms with Crippen LogP contribution < -0.4 is 0 Å². The van der Waals surface area contributed by atoms with Crippen molar-refractivity contribution in [3.8, 4) is 0 Å². The second-order valence-corrected chi connectivity index (χ2v) is 8.55. The van der Waals surface area contributed by atoms with Crippen LogP contribution in [-0.4, -0.2) is 85.5 Å². The fraction of sp³-hybridized carbons (Fsp3) is 0.893. The molecular weight excluding hydrogens is 645 g/mol. The molecule has 0 radical (unpaired) electrons. The first-order chi connectivity index (χ1) is 18.5. The highest BCUT2D eigenvalue weighted by molar-refractivity contribution is 5.76. The van der Waals surface area contributed by atoms with Crippen LogP contribution in [0.25, 0.3) is 0 Å². The largest absolute Gasteiger partial charge is 0.559 e. The highest BCUT2D eigenvalue weighted by Crippen LogP contribution is 2.38. The van der Waals surface area contributed by atoms with Crippen LogP contribution in [0, 0.1) is 10.8 Å². The third kappa shape index (κ3) is 61.8. The van der Waals surface area contributed by atoms with Crippen LogP contribution in [0.3, 0.4) is 0 Å². The molecule has 0 aromatic carbocycles. The first kappa shape index (κ1) is 69.7. The number of ether oxygens (including phenoxy) is 2. The highest BCUT2D eigenvalue weighted by Gasteiger charge is 2.36. The zero-order valence-electron chi connectivity index (χ0n) is 24.8. The van der Waals surface area contributed by atoms with Gasteiger partial charge in [-0.05, 0) is 40.3 Å². The summed E-state index contributed by atoms with van der Waals surface area (Å²) in [5.74, 6) is 0.0578. The van der Waals surface area contributed by atoms with Crippen LogP contribution >= 0.6 is 0 Å². The molecule has 0 bridgehead atoms. The highest BCUT2D eigenvalue weighted by atomic mass is 19.5. The SMILES string of the molecule is C.C.C.C.C=C(OCCC(F)(F)F)C(C)(C)CCC(C)(CC)C(=O)OCCN(C)C.CF.CF.CF.FC(F)(F)F.FC(F)F. The third-order valence-electron chi connectivity index (χ3n) is 4.76. The van der Waals surface area contributed by atoms with Gasteiger partial charge in [-0.3, -0.25) is 18.0 Å². The predicted molar refractivity (Wildman–Crippen MR) is 159 cm³/mol. The minimum atomic E-state index is -5.50. The quantitative estimate of drug-likeness (QED) is 0.115. The average molecular weight is 706 g/mol. The Morgan fingerprint density at radius 1 is 0.711 bits per heavy atom. The van der Waals surface area contributed by atoms with Gasteiger partial charge in [-0.25, -0.2) is 0 Å². The Balaban J connectivity index is -0.0000000682. The van der Waals surface area contributed by atoms with Gasteiger partial charge in [-0.1, -0.05) is 57.1 Å². The van der Waals surface area contributed by atoms with Crippen molar-refractivity contribution < 1.29 is 71.3 Å².